The first-order chi connectivity index (χ1) is 45.2. The zero-order chi connectivity index (χ0) is 62.9. The molecule has 0 saturated heterocycles. The Morgan fingerprint density at radius 2 is 0.734 bits per heavy atom. The summed E-state index contributed by atoms with van der Waals surface area (Å²) in [5, 5.41) is 43.7. The van der Waals surface area contributed by atoms with Gasteiger partial charge in [-0.2, -0.15) is 21.0 Å². The normalized spacial score (nSPS) is 13.4. The van der Waals surface area contributed by atoms with Crippen LogP contribution in [0, 0.1) is 45.3 Å². The number of hydrogen-bond donors (Lipinski definition) is 2. The Morgan fingerprint density at radius 3 is 1.14 bits per heavy atom. The second kappa shape index (κ2) is 28.7. The van der Waals surface area contributed by atoms with E-state index in [1.54, 1.807) is 120 Å². The second-order valence-electron chi connectivity index (χ2n) is 21.2. The average Bonchev–Trinajstić information content (AvgIpc) is 1.74. The Labute approximate surface area is 549 Å². The van der Waals surface area contributed by atoms with Crippen LogP contribution in [-0.4, -0.2) is 78.1 Å². The molecule has 0 bridgehead atoms. The molecule has 2 aliphatic carbocycles. The molecule has 16 rings (SSSR count). The average molecular weight is 1280 g/mol. The lowest BCUT2D eigenvalue weighted by molar-refractivity contribution is 0.598. The Morgan fingerprint density at radius 1 is 0.383 bits per heavy atom. The summed E-state index contributed by atoms with van der Waals surface area (Å²) in [5.74, 6) is 4.01. The second-order valence-corrected chi connectivity index (χ2v) is 22.0. The summed E-state index contributed by atoms with van der Waals surface area (Å²) < 4.78 is 7.27. The van der Waals surface area contributed by atoms with E-state index >= 15 is 0 Å². The minimum absolute atomic E-state index is 0. The number of nitrogens with one attached hydrogen (secondary N) is 2. The van der Waals surface area contributed by atoms with E-state index in [1.165, 1.54) is 34.6 Å². The third-order valence-corrected chi connectivity index (χ3v) is 15.9. The van der Waals surface area contributed by atoms with Crippen LogP contribution in [0.2, 0.25) is 10.3 Å². The third-order valence-electron chi connectivity index (χ3n) is 15.5. The molecule has 24 heteroatoms. The van der Waals surface area contributed by atoms with Crippen molar-refractivity contribution in [3.8, 4) is 47.5 Å². The number of benzene rings is 6. The van der Waals surface area contributed by atoms with Crippen LogP contribution < -0.4 is 10.6 Å². The van der Waals surface area contributed by atoms with E-state index in [0.717, 1.165) is 94.3 Å². The third kappa shape index (κ3) is 13.7. The zero-order valence-electron chi connectivity index (χ0n) is 48.6. The first kappa shape index (κ1) is 63.2. The van der Waals surface area contributed by atoms with Gasteiger partial charge in [-0.25, -0.2) is 39.9 Å². The summed E-state index contributed by atoms with van der Waals surface area (Å²) in [6.45, 7) is 0. The molecule has 22 nitrogen and oxygen atoms in total. The van der Waals surface area contributed by atoms with Crippen LogP contribution in [0.3, 0.4) is 0 Å². The van der Waals surface area contributed by atoms with E-state index in [-0.39, 0.29) is 26.9 Å². The molecular formula is C70H56Cl2N22. The minimum Gasteiger partial charge on any atom is -0.362 e. The molecule has 2 atom stereocenters. The van der Waals surface area contributed by atoms with E-state index in [0.29, 0.717) is 55.8 Å². The molecule has 460 valence electrons. The van der Waals surface area contributed by atoms with E-state index in [4.69, 9.17) is 49.0 Å². The highest BCUT2D eigenvalue weighted by Crippen LogP contribution is 2.34. The quantitative estimate of drug-likeness (QED) is 0.143. The van der Waals surface area contributed by atoms with Gasteiger partial charge in [0.1, 0.15) is 47.3 Å². The number of rotatable bonds is 8. The van der Waals surface area contributed by atoms with Gasteiger partial charge in [-0.15, -0.1) is 0 Å². The van der Waals surface area contributed by atoms with Crippen LogP contribution in [0.5, 0.6) is 0 Å². The Kier molecular flexibility index (Phi) is 19.3. The van der Waals surface area contributed by atoms with Crippen molar-refractivity contribution >= 4 is 79.0 Å². The number of anilines is 2. The molecule has 0 radical (unpaired) electrons. The lowest BCUT2D eigenvalue weighted by Crippen LogP contribution is -2.18. The molecule has 0 amide bonds. The van der Waals surface area contributed by atoms with Crippen molar-refractivity contribution in [3.63, 3.8) is 0 Å². The largest absolute Gasteiger partial charge is 0.362 e. The van der Waals surface area contributed by atoms with Crippen molar-refractivity contribution in [3.05, 3.63) is 251 Å². The Balaban J connectivity index is 0.000000130. The molecule has 0 spiro atoms. The van der Waals surface area contributed by atoms with Gasteiger partial charge in [0, 0.05) is 0 Å². The van der Waals surface area contributed by atoms with Crippen molar-refractivity contribution in [2.45, 2.75) is 65.5 Å². The number of imidazole rings is 4. The molecule has 8 aromatic heterocycles. The number of aromatic nitrogens is 16. The summed E-state index contributed by atoms with van der Waals surface area (Å²) >= 11 is 11.6. The van der Waals surface area contributed by atoms with Crippen LogP contribution in [0.4, 0.5) is 11.6 Å². The molecule has 8 heterocycles. The molecule has 0 aliphatic heterocycles. The van der Waals surface area contributed by atoms with Crippen molar-refractivity contribution < 1.29 is 0 Å². The van der Waals surface area contributed by atoms with Crippen LogP contribution in [0.1, 0.15) is 97.1 Å². The Hall–Kier alpha value is -12.3. The summed E-state index contributed by atoms with van der Waals surface area (Å²) in [6.07, 6.45) is 26.5. The Bertz CT molecular complexity index is 5240. The monoisotopic (exact) mass is 1270 g/mol. The van der Waals surface area contributed by atoms with E-state index in [1.807, 2.05) is 33.4 Å². The first-order valence-electron chi connectivity index (χ1n) is 29.0. The van der Waals surface area contributed by atoms with Crippen molar-refractivity contribution in [1.82, 2.24) is 78.1 Å². The minimum atomic E-state index is 0. The van der Waals surface area contributed by atoms with Gasteiger partial charge in [0.05, 0.1) is 152 Å². The van der Waals surface area contributed by atoms with E-state index < -0.39 is 0 Å². The topological polar surface area (TPSA) is 294 Å². The fourth-order valence-electron chi connectivity index (χ4n) is 11.2. The smallest absolute Gasteiger partial charge is 0.159 e. The standard InChI is InChI=1S/2C22H18N6.2C12H6ClN5.2CH4/c23-11-15-8-9-20-19(10-15)25-14-28(20)22-13-24-12-21(27-22)26-18-7-3-5-16-4-1-2-6-17(16)18;23-11-15-8-9-19-20(10-15)28(14-25-19)22-13-24-12-21(27-22)26-18-7-3-5-16-4-1-2-6-17(16)18;13-11-5-15-6-12(17-11)18-7-16-9-3-8(4-14)1-2-10(9)18;13-11-5-15-6-12(17-11)18-7-16-9-2-1-8(4-14)3-10(9)18;;/h2*1-2,4,6,8-10,12-14,18H,3,5,7H2,(H,26,27);2*1-3,5-7H;2*1H4. The van der Waals surface area contributed by atoms with Gasteiger partial charge in [0.2, 0.25) is 0 Å². The maximum Gasteiger partial charge on any atom is 0.159 e. The maximum atomic E-state index is 9.18. The number of halogens is 2. The highest BCUT2D eigenvalue weighted by atomic mass is 35.5. The zero-order valence-corrected chi connectivity index (χ0v) is 50.1. The molecule has 0 saturated carbocycles. The SMILES string of the molecule is C.C.N#Cc1ccc2c(c1)ncn2-c1cncc(Cl)n1.N#Cc1ccc2c(c1)ncn2-c1cncc(NC2CCCc3ccccc32)n1.N#Cc1ccc2ncn(-c3cncc(Cl)n3)c2c1.N#Cc1ccc2ncn(-c3cncc(NC4CCCc5ccccc54)n3)c2c1. The molecule has 2 aliphatic rings. The van der Waals surface area contributed by atoms with Gasteiger partial charge >= 0.3 is 0 Å². The van der Waals surface area contributed by atoms with Gasteiger partial charge in [0.25, 0.3) is 0 Å². The van der Waals surface area contributed by atoms with Crippen molar-refractivity contribution in [1.29, 1.82) is 21.0 Å². The predicted octanol–water partition coefficient (Wildman–Crippen LogP) is 14.3. The summed E-state index contributed by atoms with van der Waals surface area (Å²) in [5.41, 5.74) is 14.3. The first-order valence-corrected chi connectivity index (χ1v) is 29.7. The highest BCUT2D eigenvalue weighted by molar-refractivity contribution is 6.29. The van der Waals surface area contributed by atoms with E-state index in [2.05, 4.69) is 133 Å². The van der Waals surface area contributed by atoms with Crippen molar-refractivity contribution in [2.75, 3.05) is 10.6 Å². The van der Waals surface area contributed by atoms with Gasteiger partial charge in [0.15, 0.2) is 23.3 Å². The van der Waals surface area contributed by atoms with E-state index in [9.17, 15) is 5.26 Å². The molecule has 14 aromatic rings. The maximum absolute atomic E-state index is 9.18. The van der Waals surface area contributed by atoms with Crippen LogP contribution in [-0.2, 0) is 12.8 Å². The van der Waals surface area contributed by atoms with Crippen molar-refractivity contribution in [2.24, 2.45) is 0 Å². The lowest BCUT2D eigenvalue weighted by Gasteiger charge is -2.26. The molecule has 2 N–H and O–H groups in total. The van der Waals surface area contributed by atoms with Crippen LogP contribution >= 0.6 is 23.2 Å². The van der Waals surface area contributed by atoms with Gasteiger partial charge in [-0.1, -0.05) is 86.6 Å². The molecule has 6 aromatic carbocycles. The number of nitrogens with zero attached hydrogens (tertiary/aromatic N) is 20. The lowest BCUT2D eigenvalue weighted by atomic mass is 9.88. The molecular weight excluding hydrogens is 1220 g/mol. The molecule has 0 fully saturated rings. The fraction of sp³-hybridized carbons (Fsp3) is 0.143. The molecule has 94 heavy (non-hydrogen) atoms. The van der Waals surface area contributed by atoms with Gasteiger partial charge < -0.3 is 10.6 Å². The van der Waals surface area contributed by atoms with Crippen LogP contribution in [0.25, 0.3) is 67.4 Å². The summed E-state index contributed by atoms with van der Waals surface area (Å²) in [6, 6.07) is 47.6. The predicted molar refractivity (Wildman–Crippen MR) is 360 cm³/mol. The van der Waals surface area contributed by atoms with Crippen LogP contribution in [0.15, 0.2) is 196 Å². The fourth-order valence-corrected chi connectivity index (χ4v) is 11.5. The number of hydrogen-bond acceptors (Lipinski definition) is 18. The number of fused-ring (bicyclic) bond motifs is 6. The number of nitriles is 4. The molecule has 2 unspecified atom stereocenters. The highest BCUT2D eigenvalue weighted by Gasteiger charge is 2.22. The summed E-state index contributed by atoms with van der Waals surface area (Å²) in [4.78, 5) is 51.9. The van der Waals surface area contributed by atoms with Gasteiger partial charge in [-0.05, 0) is 134 Å². The number of aryl methyl sites for hydroxylation is 2. The van der Waals surface area contributed by atoms with Gasteiger partial charge in [-0.3, -0.25) is 38.2 Å². The summed E-state index contributed by atoms with van der Waals surface area (Å²) in [7, 11) is 0.